The normalized spacial score (nSPS) is 32.3. The number of fused-ring (bicyclic) bond motifs is 3. The van der Waals surface area contributed by atoms with E-state index in [1.54, 1.807) is 38.5 Å². The number of ether oxygens (including phenoxy) is 2. The molecule has 6 rings (SSSR count). The summed E-state index contributed by atoms with van der Waals surface area (Å²) in [5, 5.41) is 22.4. The molecule has 1 fully saturated rings. The smallest absolute Gasteiger partial charge is 0.163 e. The van der Waals surface area contributed by atoms with Gasteiger partial charge in [0.1, 0.15) is 11.5 Å². The van der Waals surface area contributed by atoms with Gasteiger partial charge in [0.15, 0.2) is 17.3 Å². The van der Waals surface area contributed by atoms with Crippen molar-refractivity contribution in [1.82, 2.24) is 4.90 Å². The number of allylic oxidation sites excluding steroid dienone is 1. The third-order valence-corrected chi connectivity index (χ3v) is 8.36. The summed E-state index contributed by atoms with van der Waals surface area (Å²) >= 11 is 0. The zero-order chi connectivity index (χ0) is 21.7. The lowest BCUT2D eigenvalue weighted by Crippen LogP contribution is -2.68. The van der Waals surface area contributed by atoms with Crippen LogP contribution in [-0.4, -0.2) is 54.8 Å². The van der Waals surface area contributed by atoms with E-state index >= 15 is 0 Å². The lowest BCUT2D eigenvalue weighted by molar-refractivity contribution is -0.120. The van der Waals surface area contributed by atoms with Gasteiger partial charge in [-0.1, -0.05) is 12.1 Å². The van der Waals surface area contributed by atoms with E-state index in [4.69, 9.17) is 9.47 Å². The average molecular weight is 419 g/mol. The highest BCUT2D eigenvalue weighted by atomic mass is 16.5. The van der Waals surface area contributed by atoms with Crippen molar-refractivity contribution < 1.29 is 24.5 Å². The number of phenolic OH excluding ortho intramolecular Hbond substituents is 2. The Hall–Kier alpha value is -2.99. The number of benzene rings is 2. The van der Waals surface area contributed by atoms with Gasteiger partial charge in [0.2, 0.25) is 0 Å². The minimum Gasteiger partial charge on any atom is -0.508 e. The molecule has 160 valence electrons. The molecule has 4 unspecified atom stereocenters. The van der Waals surface area contributed by atoms with Gasteiger partial charge in [-0.25, -0.2) is 0 Å². The van der Waals surface area contributed by atoms with E-state index in [1.165, 1.54) is 0 Å². The molecule has 6 nitrogen and oxygen atoms in total. The van der Waals surface area contributed by atoms with Gasteiger partial charge >= 0.3 is 0 Å². The monoisotopic (exact) mass is 419 g/mol. The van der Waals surface area contributed by atoms with Crippen LogP contribution in [0.5, 0.6) is 23.0 Å². The molecule has 2 N–H and O–H groups in total. The van der Waals surface area contributed by atoms with Gasteiger partial charge in [0.25, 0.3) is 0 Å². The molecule has 31 heavy (non-hydrogen) atoms. The van der Waals surface area contributed by atoms with Crippen LogP contribution >= 0.6 is 0 Å². The van der Waals surface area contributed by atoms with Crippen molar-refractivity contribution in [3.05, 3.63) is 58.7 Å². The maximum Gasteiger partial charge on any atom is 0.163 e. The Morgan fingerprint density at radius 3 is 2.55 bits per heavy atom. The molecule has 1 saturated heterocycles. The third-order valence-electron chi connectivity index (χ3n) is 8.36. The zero-order valence-corrected chi connectivity index (χ0v) is 17.8. The van der Waals surface area contributed by atoms with Gasteiger partial charge in [0, 0.05) is 33.6 Å². The van der Waals surface area contributed by atoms with E-state index in [1.807, 2.05) is 12.1 Å². The topological polar surface area (TPSA) is 79.2 Å². The molecule has 2 aromatic carbocycles. The summed E-state index contributed by atoms with van der Waals surface area (Å²) in [6.07, 6.45) is 5.10. The first-order chi connectivity index (χ1) is 14.9. The number of hydrogen-bond acceptors (Lipinski definition) is 6. The molecule has 4 aliphatic rings. The molecule has 0 radical (unpaired) electrons. The van der Waals surface area contributed by atoms with Crippen LogP contribution in [0, 0.1) is 0 Å². The number of carbonyl (C=O) groups is 1. The number of ketones is 1. The van der Waals surface area contributed by atoms with Crippen LogP contribution in [0.25, 0.3) is 0 Å². The fraction of sp³-hybridized carbons (Fsp3) is 0.400. The van der Waals surface area contributed by atoms with E-state index < -0.39 is 16.7 Å². The molecule has 6 heteroatoms. The number of likely N-dealkylation sites (N-methyl/N-ethyl adjacent to an activating group) is 1. The molecule has 4 bridgehead atoms. The molecular formula is C25H25NO5. The Kier molecular flexibility index (Phi) is 3.52. The minimum atomic E-state index is -0.712. The van der Waals surface area contributed by atoms with E-state index in [0.29, 0.717) is 29.9 Å². The number of nitrogens with zero attached hydrogens (tertiary/aromatic N) is 1. The van der Waals surface area contributed by atoms with E-state index in [0.717, 1.165) is 23.2 Å². The maximum atomic E-state index is 13.5. The minimum absolute atomic E-state index is 0.0451. The van der Waals surface area contributed by atoms with Gasteiger partial charge < -0.3 is 24.6 Å². The Morgan fingerprint density at radius 1 is 1.06 bits per heavy atom. The Labute approximate surface area is 180 Å². The first kappa shape index (κ1) is 18.8. The predicted octanol–water partition coefficient (Wildman–Crippen LogP) is 2.79. The number of rotatable bonds is 2. The summed E-state index contributed by atoms with van der Waals surface area (Å²) in [5.41, 5.74) is 2.03. The highest BCUT2D eigenvalue weighted by Crippen LogP contribution is 2.74. The van der Waals surface area contributed by atoms with E-state index in [2.05, 4.69) is 11.9 Å². The van der Waals surface area contributed by atoms with Crippen molar-refractivity contribution in [2.75, 3.05) is 27.8 Å². The second kappa shape index (κ2) is 5.82. The van der Waals surface area contributed by atoms with Crippen molar-refractivity contribution in [2.24, 2.45) is 0 Å². The Morgan fingerprint density at radius 2 is 1.81 bits per heavy atom. The number of phenols is 2. The molecule has 1 aliphatic heterocycles. The molecule has 0 aromatic heterocycles. The quantitative estimate of drug-likeness (QED) is 0.779. The number of piperidine rings is 1. The van der Waals surface area contributed by atoms with Crippen LogP contribution in [0.15, 0.2) is 36.4 Å². The molecule has 1 heterocycles. The number of aromatic hydroxyl groups is 2. The molecule has 3 aliphatic carbocycles. The molecule has 2 aromatic rings. The molecule has 0 spiro atoms. The zero-order valence-electron chi connectivity index (χ0n) is 17.8. The van der Waals surface area contributed by atoms with Crippen LogP contribution in [0.1, 0.15) is 34.6 Å². The highest BCUT2D eigenvalue weighted by molar-refractivity contribution is 6.03. The number of hydrogen-bond donors (Lipinski definition) is 2. The van der Waals surface area contributed by atoms with Crippen molar-refractivity contribution in [2.45, 2.75) is 35.6 Å². The second-order valence-corrected chi connectivity index (χ2v) is 9.19. The van der Waals surface area contributed by atoms with Gasteiger partial charge in [-0.05, 0) is 56.3 Å². The first-order valence-electron chi connectivity index (χ1n) is 10.6. The van der Waals surface area contributed by atoms with Crippen LogP contribution in [0.3, 0.4) is 0 Å². The Bertz CT molecular complexity index is 1190. The largest absolute Gasteiger partial charge is 0.508 e. The molecule has 0 amide bonds. The number of carbonyl (C=O) groups excluding carboxylic acids is 1. The average Bonchev–Trinajstić information content (AvgIpc) is 2.97. The van der Waals surface area contributed by atoms with Crippen molar-refractivity contribution in [3.63, 3.8) is 0 Å². The van der Waals surface area contributed by atoms with Gasteiger partial charge in [-0.15, -0.1) is 0 Å². The van der Waals surface area contributed by atoms with Crippen molar-refractivity contribution in [1.29, 1.82) is 0 Å². The fourth-order valence-corrected chi connectivity index (χ4v) is 7.34. The first-order valence-corrected chi connectivity index (χ1v) is 10.6. The summed E-state index contributed by atoms with van der Waals surface area (Å²) in [5.74, 6) is 0.657. The van der Waals surface area contributed by atoms with Crippen LogP contribution in [0.2, 0.25) is 0 Å². The summed E-state index contributed by atoms with van der Waals surface area (Å²) in [4.78, 5) is 15.9. The number of likely N-dealkylation sites (tertiary alicyclic amines) is 1. The lowest BCUT2D eigenvalue weighted by atomic mass is 9.44. The maximum absolute atomic E-state index is 13.5. The van der Waals surface area contributed by atoms with Crippen LogP contribution < -0.4 is 9.47 Å². The summed E-state index contributed by atoms with van der Waals surface area (Å²) in [7, 11) is 5.28. The second-order valence-electron chi connectivity index (χ2n) is 9.19. The summed E-state index contributed by atoms with van der Waals surface area (Å²) in [6.45, 7) is 0.789. The van der Waals surface area contributed by atoms with Crippen molar-refractivity contribution >= 4 is 5.78 Å². The molecule has 4 atom stereocenters. The predicted molar refractivity (Wildman–Crippen MR) is 114 cm³/mol. The Balaban J connectivity index is 1.83. The van der Waals surface area contributed by atoms with Gasteiger partial charge in [-0.3, -0.25) is 4.79 Å². The fourth-order valence-electron chi connectivity index (χ4n) is 7.34. The van der Waals surface area contributed by atoms with Crippen LogP contribution in [-0.2, 0) is 22.0 Å². The molecular weight excluding hydrogens is 394 g/mol. The summed E-state index contributed by atoms with van der Waals surface area (Å²) < 4.78 is 11.3. The SMILES string of the molecule is COc1ccc2c(c1O)C13CCN(C)C(C2)C12C=CC(=O)C3c1c(O)ccc(OC)c12. The lowest BCUT2D eigenvalue weighted by Gasteiger charge is -2.62. The molecule has 0 saturated carbocycles. The van der Waals surface area contributed by atoms with Crippen molar-refractivity contribution in [3.8, 4) is 23.0 Å². The van der Waals surface area contributed by atoms with E-state index in [9.17, 15) is 15.0 Å². The van der Waals surface area contributed by atoms with Crippen LogP contribution in [0.4, 0.5) is 0 Å². The van der Waals surface area contributed by atoms with Gasteiger partial charge in [-0.2, -0.15) is 0 Å². The summed E-state index contributed by atoms with van der Waals surface area (Å²) in [6, 6.07) is 7.27. The highest BCUT2D eigenvalue weighted by Gasteiger charge is 2.74. The van der Waals surface area contributed by atoms with E-state index in [-0.39, 0.29) is 23.3 Å². The number of methoxy groups -OCH3 is 2. The third kappa shape index (κ3) is 1.83. The van der Waals surface area contributed by atoms with Gasteiger partial charge in [0.05, 0.1) is 20.1 Å². The standard InChI is InChI=1S/C25H25NO5/c1-26-11-10-25-20-13(4-6-17(31-3)23(20)29)12-18(26)24(25)9-8-15(28)21(25)19-14(27)5-7-16(30-2)22(19)24/h4-9,18,21,27,29H,10-12H2,1-3H3.